The van der Waals surface area contributed by atoms with Crippen molar-refractivity contribution in [1.82, 2.24) is 0 Å². The van der Waals surface area contributed by atoms with E-state index in [2.05, 4.69) is 5.73 Å². The summed E-state index contributed by atoms with van der Waals surface area (Å²) in [4.78, 5) is 8.58. The highest BCUT2D eigenvalue weighted by Crippen LogP contribution is 2.17. The summed E-state index contributed by atoms with van der Waals surface area (Å²) in [7, 11) is 0. The molecule has 76 valence electrons. The molecule has 0 aliphatic heterocycles. The van der Waals surface area contributed by atoms with Crippen LogP contribution >= 0.6 is 24.8 Å². The molecule has 0 radical (unpaired) electrons. The second-order valence-corrected chi connectivity index (χ2v) is 2.20. The molecule has 1 aliphatic rings. The number of carbonyl (C=O) groups excluding carboxylic acids is 1. The molecule has 0 aromatic rings. The van der Waals surface area contributed by atoms with Gasteiger partial charge in [-0.15, -0.1) is 24.8 Å². The predicted octanol–water partition coefficient (Wildman–Crippen LogP) is -0.163. The Kier molecular flexibility index (Phi) is 16.4. The van der Waals surface area contributed by atoms with Crippen LogP contribution in [0.1, 0.15) is 19.3 Å². The van der Waals surface area contributed by atoms with Gasteiger partial charge in [0.25, 0.3) is 0 Å². The van der Waals surface area contributed by atoms with Gasteiger partial charge in [0.1, 0.15) is 0 Å². The second-order valence-electron chi connectivity index (χ2n) is 2.20. The van der Waals surface area contributed by atoms with Crippen molar-refractivity contribution < 1.29 is 15.0 Å². The summed E-state index contributed by atoms with van der Waals surface area (Å²) in [6.45, 7) is 0. The minimum Gasteiger partial charge on any atom is -0.390 e. The van der Waals surface area contributed by atoms with E-state index in [0.29, 0.717) is 0 Å². The average molecular weight is 220 g/mol. The Morgan fingerprint density at radius 2 is 1.42 bits per heavy atom. The van der Waals surface area contributed by atoms with Crippen LogP contribution in [0, 0.1) is 0 Å². The van der Waals surface area contributed by atoms with Crippen molar-refractivity contribution in [1.29, 1.82) is 0 Å². The lowest BCUT2D eigenvalue weighted by molar-refractivity contribution is -0.106. The van der Waals surface area contributed by atoms with Crippen molar-refractivity contribution in [3.63, 3.8) is 0 Å². The zero-order valence-electron chi connectivity index (χ0n) is 6.55. The Morgan fingerprint density at radius 1 is 1.17 bits per heavy atom. The predicted molar refractivity (Wildman–Crippen MR) is 50.6 cm³/mol. The highest BCUT2D eigenvalue weighted by molar-refractivity contribution is 5.85. The van der Waals surface area contributed by atoms with Crippen LogP contribution in [0.2, 0.25) is 0 Å². The van der Waals surface area contributed by atoms with E-state index in [0.717, 1.165) is 19.3 Å². The van der Waals surface area contributed by atoms with Gasteiger partial charge in [-0.3, -0.25) is 4.79 Å². The third-order valence-corrected chi connectivity index (χ3v) is 1.44. The number of rotatable bonds is 0. The summed E-state index contributed by atoms with van der Waals surface area (Å²) >= 11 is 0. The lowest BCUT2D eigenvalue weighted by Crippen LogP contribution is -2.17. The van der Waals surface area contributed by atoms with Gasteiger partial charge in [-0.2, -0.15) is 0 Å². The van der Waals surface area contributed by atoms with Crippen molar-refractivity contribution in [3.8, 4) is 0 Å². The summed E-state index contributed by atoms with van der Waals surface area (Å²) in [6.07, 6.45) is 1.92. The Hall–Kier alpha value is -0.0300. The van der Waals surface area contributed by atoms with E-state index >= 15 is 0 Å². The summed E-state index contributed by atoms with van der Waals surface area (Å²) in [5.74, 6) is 0. The summed E-state index contributed by atoms with van der Waals surface area (Å²) in [5, 5.41) is 17.5. The van der Waals surface area contributed by atoms with Gasteiger partial charge in [0, 0.05) is 0 Å². The topological polar surface area (TPSA) is 83.6 Å². The SMILES string of the molecule is Cl.Cl.NC=O.OC1CCCC1O. The van der Waals surface area contributed by atoms with E-state index in [9.17, 15) is 0 Å². The van der Waals surface area contributed by atoms with Gasteiger partial charge in [-0.05, 0) is 19.3 Å². The third kappa shape index (κ3) is 8.07. The van der Waals surface area contributed by atoms with Gasteiger partial charge in [-0.25, -0.2) is 0 Å². The maximum atomic E-state index is 8.75. The number of aliphatic hydroxyl groups is 2. The van der Waals surface area contributed by atoms with Crippen LogP contribution in [0.5, 0.6) is 0 Å². The second kappa shape index (κ2) is 11.0. The first-order chi connectivity index (χ1) is 4.72. The number of hydrogen-bond donors (Lipinski definition) is 3. The number of amides is 1. The van der Waals surface area contributed by atoms with Crippen LogP contribution in [0.15, 0.2) is 0 Å². The summed E-state index contributed by atoms with van der Waals surface area (Å²) in [5.41, 5.74) is 4.17. The Bertz CT molecular complexity index is 96.8. The number of primary amides is 1. The molecule has 1 fully saturated rings. The number of aliphatic hydroxyl groups excluding tert-OH is 2. The van der Waals surface area contributed by atoms with Gasteiger partial charge in [-0.1, -0.05) is 0 Å². The van der Waals surface area contributed by atoms with E-state index in [1.807, 2.05) is 0 Å². The normalized spacial score (nSPS) is 25.5. The molecular formula is C6H15Cl2NO3. The van der Waals surface area contributed by atoms with Crippen molar-refractivity contribution in [2.24, 2.45) is 5.73 Å². The molecule has 0 bridgehead atoms. The zero-order chi connectivity index (χ0) is 7.98. The molecule has 2 unspecified atom stereocenters. The highest BCUT2D eigenvalue weighted by Gasteiger charge is 2.21. The molecule has 1 aliphatic carbocycles. The summed E-state index contributed by atoms with van der Waals surface area (Å²) in [6, 6.07) is 0. The van der Waals surface area contributed by atoms with Gasteiger partial charge in [0.2, 0.25) is 6.41 Å². The Morgan fingerprint density at radius 3 is 1.50 bits per heavy atom. The monoisotopic (exact) mass is 219 g/mol. The maximum absolute atomic E-state index is 8.75. The Labute approximate surface area is 84.0 Å². The van der Waals surface area contributed by atoms with Crippen molar-refractivity contribution >= 4 is 31.2 Å². The fourth-order valence-electron chi connectivity index (χ4n) is 0.921. The van der Waals surface area contributed by atoms with E-state index in [4.69, 9.17) is 15.0 Å². The number of halogens is 2. The molecule has 0 aromatic heterocycles. The lowest BCUT2D eigenvalue weighted by Gasteiger charge is -2.03. The number of nitrogens with two attached hydrogens (primary N) is 1. The molecule has 0 aromatic carbocycles. The fourth-order valence-corrected chi connectivity index (χ4v) is 0.921. The lowest BCUT2D eigenvalue weighted by atomic mass is 10.3. The molecule has 6 heteroatoms. The largest absolute Gasteiger partial charge is 0.390 e. The van der Waals surface area contributed by atoms with Crippen LogP contribution in [0.3, 0.4) is 0 Å². The van der Waals surface area contributed by atoms with Crippen LogP contribution < -0.4 is 5.73 Å². The van der Waals surface area contributed by atoms with Crippen molar-refractivity contribution in [2.45, 2.75) is 31.5 Å². The minimum absolute atomic E-state index is 0. The fraction of sp³-hybridized carbons (Fsp3) is 0.833. The minimum atomic E-state index is -0.431. The molecule has 4 N–H and O–H groups in total. The zero-order valence-corrected chi connectivity index (χ0v) is 8.18. The number of carbonyl (C=O) groups is 1. The molecular weight excluding hydrogens is 205 g/mol. The van der Waals surface area contributed by atoms with Gasteiger partial charge in [0.05, 0.1) is 12.2 Å². The van der Waals surface area contributed by atoms with Gasteiger partial charge < -0.3 is 15.9 Å². The van der Waals surface area contributed by atoms with Crippen LogP contribution in [0.4, 0.5) is 0 Å². The maximum Gasteiger partial charge on any atom is 0.204 e. The first-order valence-electron chi connectivity index (χ1n) is 3.24. The van der Waals surface area contributed by atoms with Crippen LogP contribution in [-0.2, 0) is 4.79 Å². The molecule has 1 amide bonds. The van der Waals surface area contributed by atoms with E-state index in [-0.39, 0.29) is 31.2 Å². The first-order valence-corrected chi connectivity index (χ1v) is 3.24. The van der Waals surface area contributed by atoms with Crippen molar-refractivity contribution in [2.75, 3.05) is 0 Å². The van der Waals surface area contributed by atoms with Crippen LogP contribution in [0.25, 0.3) is 0 Å². The van der Waals surface area contributed by atoms with E-state index < -0.39 is 12.2 Å². The molecule has 0 saturated heterocycles. The quantitative estimate of drug-likeness (QED) is 0.496. The third-order valence-electron chi connectivity index (χ3n) is 1.44. The van der Waals surface area contributed by atoms with Gasteiger partial charge >= 0.3 is 0 Å². The van der Waals surface area contributed by atoms with Crippen LogP contribution in [-0.4, -0.2) is 28.8 Å². The van der Waals surface area contributed by atoms with Gasteiger partial charge in [0.15, 0.2) is 0 Å². The molecule has 0 spiro atoms. The Balaban J connectivity index is -0.000000146. The first kappa shape index (κ1) is 17.9. The molecule has 1 saturated carbocycles. The summed E-state index contributed by atoms with van der Waals surface area (Å²) < 4.78 is 0. The number of hydrogen-bond acceptors (Lipinski definition) is 3. The highest BCUT2D eigenvalue weighted by atomic mass is 35.5. The van der Waals surface area contributed by atoms with E-state index in [1.54, 1.807) is 0 Å². The standard InChI is InChI=1S/C5H10O2.CH3NO.2ClH/c6-4-2-1-3-5(4)7;2-1-3;;/h4-7H,1-3H2;1H,(H2,2,3);2*1H. The molecule has 1 rings (SSSR count). The smallest absolute Gasteiger partial charge is 0.204 e. The van der Waals surface area contributed by atoms with E-state index in [1.165, 1.54) is 0 Å². The average Bonchev–Trinajstić information content (AvgIpc) is 2.19. The molecule has 2 atom stereocenters. The molecule has 0 heterocycles. The molecule has 4 nitrogen and oxygen atoms in total. The molecule has 12 heavy (non-hydrogen) atoms. The van der Waals surface area contributed by atoms with Crippen molar-refractivity contribution in [3.05, 3.63) is 0 Å².